The molecule has 1 N–H and O–H groups in total. The molecule has 2 aromatic carbocycles. The molecule has 184 valence electrons. The molecule has 1 aliphatic heterocycles. The summed E-state index contributed by atoms with van der Waals surface area (Å²) in [6, 6.07) is 20.7. The van der Waals surface area contributed by atoms with Crippen LogP contribution in [0.15, 0.2) is 83.5 Å². The number of fused-ring (bicyclic) bond motifs is 2. The molecule has 0 saturated carbocycles. The zero-order valence-electron chi connectivity index (χ0n) is 20.9. The third kappa shape index (κ3) is 5.27. The minimum absolute atomic E-state index is 0.0710. The van der Waals surface area contributed by atoms with E-state index in [2.05, 4.69) is 65.8 Å². The first-order valence-electron chi connectivity index (χ1n) is 12.7. The van der Waals surface area contributed by atoms with Gasteiger partial charge in [-0.25, -0.2) is 0 Å². The largest absolute Gasteiger partial charge is 0.513 e. The molecule has 0 amide bonds. The molecule has 2 heterocycles. The predicted octanol–water partition coefficient (Wildman–Crippen LogP) is 6.99. The van der Waals surface area contributed by atoms with Crippen LogP contribution >= 0.6 is 0 Å². The average Bonchev–Trinajstić information content (AvgIpc) is 3.49. The summed E-state index contributed by atoms with van der Waals surface area (Å²) in [5, 5.41) is 9.56. The number of benzene rings is 2. The van der Waals surface area contributed by atoms with Gasteiger partial charge in [-0.2, -0.15) is 0 Å². The molecule has 0 bridgehead atoms. The van der Waals surface area contributed by atoms with Crippen LogP contribution in [0.5, 0.6) is 5.75 Å². The summed E-state index contributed by atoms with van der Waals surface area (Å²) < 4.78 is 12.0. The monoisotopic (exact) mass is 479 g/mol. The Kier molecular flexibility index (Phi) is 7.02. The Morgan fingerprint density at radius 3 is 2.58 bits per heavy atom. The van der Waals surface area contributed by atoms with Crippen molar-refractivity contribution in [2.24, 2.45) is 0 Å². The summed E-state index contributed by atoms with van der Waals surface area (Å²) in [5.74, 6) is 8.70. The van der Waals surface area contributed by atoms with Gasteiger partial charge in [0, 0.05) is 11.8 Å². The first kappa shape index (κ1) is 24.0. The highest BCUT2D eigenvalue weighted by molar-refractivity contribution is 5.65. The second kappa shape index (κ2) is 10.5. The lowest BCUT2D eigenvalue weighted by molar-refractivity contribution is 0.163. The lowest BCUT2D eigenvalue weighted by Crippen LogP contribution is -2.40. The molecule has 1 atom stereocenters. The minimum atomic E-state index is -0.0710. The van der Waals surface area contributed by atoms with E-state index in [1.165, 1.54) is 11.1 Å². The van der Waals surface area contributed by atoms with Crippen LogP contribution < -0.4 is 4.74 Å². The number of rotatable bonds is 8. The molecule has 1 aliphatic carbocycles. The lowest BCUT2D eigenvalue weighted by atomic mass is 9.74. The second-order valence-electron chi connectivity index (χ2n) is 9.80. The summed E-state index contributed by atoms with van der Waals surface area (Å²) in [7, 11) is 0. The van der Waals surface area contributed by atoms with Crippen LogP contribution in [-0.4, -0.2) is 23.1 Å². The smallest absolute Gasteiger partial charge is 0.146 e. The summed E-state index contributed by atoms with van der Waals surface area (Å²) in [6.45, 7) is 8.73. The average molecular weight is 480 g/mol. The van der Waals surface area contributed by atoms with Gasteiger partial charge in [-0.05, 0) is 73.8 Å². The molecule has 4 heteroatoms. The molecule has 5 rings (SSSR count). The Morgan fingerprint density at radius 1 is 1.08 bits per heavy atom. The van der Waals surface area contributed by atoms with Gasteiger partial charge in [0.15, 0.2) is 0 Å². The van der Waals surface area contributed by atoms with Crippen molar-refractivity contribution in [3.63, 3.8) is 0 Å². The highest BCUT2D eigenvalue weighted by atomic mass is 16.5. The molecule has 3 aromatic rings. The maximum Gasteiger partial charge on any atom is 0.146 e. The van der Waals surface area contributed by atoms with Gasteiger partial charge in [0.2, 0.25) is 0 Å². The van der Waals surface area contributed by atoms with Crippen molar-refractivity contribution < 1.29 is 14.3 Å². The zero-order valence-corrected chi connectivity index (χ0v) is 20.9. The van der Waals surface area contributed by atoms with E-state index < -0.39 is 0 Å². The quantitative estimate of drug-likeness (QED) is 0.279. The van der Waals surface area contributed by atoms with Gasteiger partial charge >= 0.3 is 0 Å². The van der Waals surface area contributed by atoms with Crippen LogP contribution in [0, 0.1) is 11.8 Å². The Labute approximate surface area is 213 Å². The third-order valence-electron chi connectivity index (χ3n) is 7.35. The number of furan rings is 1. The number of nitrogens with zero attached hydrogens (tertiary/aromatic N) is 1. The Bertz CT molecular complexity index is 1300. The van der Waals surface area contributed by atoms with Crippen LogP contribution in [0.1, 0.15) is 60.3 Å². The fourth-order valence-corrected chi connectivity index (χ4v) is 5.40. The number of ether oxygens (including phenoxy) is 1. The molecular formula is C32H33NO3. The number of piperidine rings is 1. The molecule has 1 saturated heterocycles. The fraction of sp³-hybridized carbons (Fsp3) is 0.312. The number of aliphatic hydroxyl groups excluding tert-OH is 1. The van der Waals surface area contributed by atoms with Crippen molar-refractivity contribution in [1.29, 1.82) is 0 Å². The highest BCUT2D eigenvalue weighted by Gasteiger charge is 2.37. The fourth-order valence-electron chi connectivity index (χ4n) is 5.40. The highest BCUT2D eigenvalue weighted by Crippen LogP contribution is 2.43. The number of hydrogen-bond donors (Lipinski definition) is 1. The van der Waals surface area contributed by atoms with Gasteiger partial charge in [-0.1, -0.05) is 61.0 Å². The maximum atomic E-state index is 9.56. The molecule has 1 aromatic heterocycles. The van der Waals surface area contributed by atoms with Crippen molar-refractivity contribution in [2.75, 3.05) is 13.1 Å². The Hall–Kier alpha value is -3.68. The van der Waals surface area contributed by atoms with Crippen molar-refractivity contribution >= 4 is 6.08 Å². The van der Waals surface area contributed by atoms with Crippen molar-refractivity contribution in [2.45, 2.75) is 50.7 Å². The van der Waals surface area contributed by atoms with Gasteiger partial charge in [0.25, 0.3) is 0 Å². The van der Waals surface area contributed by atoms with Gasteiger partial charge in [-0.15, -0.1) is 5.92 Å². The van der Waals surface area contributed by atoms with Crippen molar-refractivity contribution in [3.05, 3.63) is 107 Å². The summed E-state index contributed by atoms with van der Waals surface area (Å²) in [4.78, 5) is 2.48. The zero-order chi connectivity index (χ0) is 25.0. The van der Waals surface area contributed by atoms with Gasteiger partial charge in [-0.3, -0.25) is 4.90 Å². The minimum Gasteiger partial charge on any atom is -0.513 e. The molecule has 4 nitrogen and oxygen atoms in total. The van der Waals surface area contributed by atoms with Crippen LogP contribution in [-0.2, 0) is 18.6 Å². The maximum absolute atomic E-state index is 9.56. The standard InChI is InChI=1S/C32H33NO3/c1-3-6-27(21-24(2)34)25-9-11-28(12-10-25)35-23-30-14-13-29(36-30)22-33-19-17-32(18-20-33)16-15-26-7-4-5-8-31(26)32/h4-5,7-16,27,34H,2,17-23H2,1H3/t27-/m0/s1. The SMILES string of the molecule is C=C(O)C[C@H](C#CC)c1ccc(OCc2ccc(CN3CCC4(C=Cc5ccccc54)CC3)o2)cc1. The van der Waals surface area contributed by atoms with Gasteiger partial charge < -0.3 is 14.3 Å². The summed E-state index contributed by atoms with van der Waals surface area (Å²) >= 11 is 0. The van der Waals surface area contributed by atoms with E-state index in [0.29, 0.717) is 13.0 Å². The van der Waals surface area contributed by atoms with E-state index >= 15 is 0 Å². The molecule has 36 heavy (non-hydrogen) atoms. The van der Waals surface area contributed by atoms with Crippen LogP contribution in [0.25, 0.3) is 6.08 Å². The van der Waals surface area contributed by atoms with E-state index in [-0.39, 0.29) is 17.1 Å². The number of allylic oxidation sites excluding steroid dienone is 2. The second-order valence-corrected chi connectivity index (χ2v) is 9.80. The first-order chi connectivity index (χ1) is 17.5. The van der Waals surface area contributed by atoms with Gasteiger partial charge in [0.1, 0.15) is 23.9 Å². The third-order valence-corrected chi connectivity index (χ3v) is 7.35. The first-order valence-corrected chi connectivity index (χ1v) is 12.7. The predicted molar refractivity (Wildman–Crippen MR) is 144 cm³/mol. The van der Waals surface area contributed by atoms with Crippen molar-refractivity contribution in [1.82, 2.24) is 4.90 Å². The van der Waals surface area contributed by atoms with Crippen LogP contribution in [0.3, 0.4) is 0 Å². The molecule has 2 aliphatic rings. The molecular weight excluding hydrogens is 446 g/mol. The Morgan fingerprint density at radius 2 is 1.83 bits per heavy atom. The lowest BCUT2D eigenvalue weighted by Gasteiger charge is -2.39. The number of aliphatic hydroxyl groups is 1. The Balaban J connectivity index is 1.12. The van der Waals surface area contributed by atoms with E-state index in [1.807, 2.05) is 30.3 Å². The molecule has 0 radical (unpaired) electrons. The van der Waals surface area contributed by atoms with E-state index in [9.17, 15) is 5.11 Å². The summed E-state index contributed by atoms with van der Waals surface area (Å²) in [6.07, 6.45) is 7.43. The topological polar surface area (TPSA) is 45.8 Å². The van der Waals surface area contributed by atoms with Gasteiger partial charge in [0.05, 0.1) is 18.2 Å². The molecule has 1 spiro atoms. The van der Waals surface area contributed by atoms with Crippen LogP contribution in [0.4, 0.5) is 0 Å². The number of hydrogen-bond acceptors (Lipinski definition) is 4. The molecule has 0 unspecified atom stereocenters. The van der Waals surface area contributed by atoms with E-state index in [1.54, 1.807) is 6.92 Å². The molecule has 1 fully saturated rings. The van der Waals surface area contributed by atoms with E-state index in [4.69, 9.17) is 9.15 Å². The van der Waals surface area contributed by atoms with Crippen molar-refractivity contribution in [3.8, 4) is 17.6 Å². The van der Waals surface area contributed by atoms with E-state index in [0.717, 1.165) is 55.3 Å². The number of likely N-dealkylation sites (tertiary alicyclic amines) is 1. The summed E-state index contributed by atoms with van der Waals surface area (Å²) in [5.41, 5.74) is 4.11. The normalized spacial score (nSPS) is 16.8. The van der Waals surface area contributed by atoms with Crippen LogP contribution in [0.2, 0.25) is 0 Å².